The van der Waals surface area contributed by atoms with Crippen LogP contribution in [0, 0.1) is 0 Å². The lowest BCUT2D eigenvalue weighted by Crippen LogP contribution is -2.14. The molecule has 0 saturated carbocycles. The van der Waals surface area contributed by atoms with Crippen molar-refractivity contribution in [3.63, 3.8) is 0 Å². The maximum Gasteiger partial charge on any atom is 0.433 e. The van der Waals surface area contributed by atoms with E-state index < -0.39 is 11.9 Å². The van der Waals surface area contributed by atoms with Crippen LogP contribution in [0.5, 0.6) is 0 Å². The first-order valence-corrected chi connectivity index (χ1v) is 6.64. The Kier molecular flexibility index (Phi) is 4.58. The summed E-state index contributed by atoms with van der Waals surface area (Å²) in [5.74, 6) is -0.122. The van der Waals surface area contributed by atoms with E-state index in [9.17, 15) is 13.2 Å². The Labute approximate surface area is 129 Å². The van der Waals surface area contributed by atoms with Crippen LogP contribution in [0.4, 0.5) is 19.1 Å². The molecular formula is C13H10Cl2F3N3. The highest BCUT2D eigenvalue weighted by atomic mass is 35.5. The number of aromatic nitrogens is 2. The third-order valence-electron chi connectivity index (χ3n) is 2.72. The van der Waals surface area contributed by atoms with Crippen molar-refractivity contribution in [1.82, 2.24) is 9.97 Å². The van der Waals surface area contributed by atoms with Crippen LogP contribution < -0.4 is 5.32 Å². The lowest BCUT2D eigenvalue weighted by molar-refractivity contribution is -0.141. The van der Waals surface area contributed by atoms with Gasteiger partial charge in [0.1, 0.15) is 5.69 Å². The molecule has 0 fully saturated rings. The molecule has 1 unspecified atom stereocenters. The van der Waals surface area contributed by atoms with Gasteiger partial charge in [0.15, 0.2) is 0 Å². The number of halogens is 5. The number of hydrogen-bond donors (Lipinski definition) is 1. The smallest absolute Gasteiger partial charge is 0.348 e. The monoisotopic (exact) mass is 335 g/mol. The quantitative estimate of drug-likeness (QED) is 0.859. The fourth-order valence-electron chi connectivity index (χ4n) is 1.71. The molecule has 0 bridgehead atoms. The third kappa shape index (κ3) is 3.98. The van der Waals surface area contributed by atoms with Crippen LogP contribution in [0.2, 0.25) is 10.0 Å². The Hall–Kier alpha value is -1.53. The average Bonchev–Trinajstić information content (AvgIpc) is 2.37. The highest BCUT2D eigenvalue weighted by Gasteiger charge is 2.32. The van der Waals surface area contributed by atoms with Crippen LogP contribution in [-0.4, -0.2) is 9.97 Å². The summed E-state index contributed by atoms with van der Waals surface area (Å²) in [6.45, 7) is 1.73. The van der Waals surface area contributed by atoms with Crippen molar-refractivity contribution >= 4 is 29.2 Å². The number of anilines is 1. The molecule has 0 amide bonds. The molecule has 0 aliphatic rings. The van der Waals surface area contributed by atoms with Gasteiger partial charge in [-0.1, -0.05) is 29.3 Å². The van der Waals surface area contributed by atoms with Crippen LogP contribution in [0.25, 0.3) is 0 Å². The summed E-state index contributed by atoms with van der Waals surface area (Å²) in [6, 6.07) is 5.33. The molecule has 1 N–H and O–H groups in total. The summed E-state index contributed by atoms with van der Waals surface area (Å²) in [7, 11) is 0. The summed E-state index contributed by atoms with van der Waals surface area (Å²) in [5.41, 5.74) is -0.323. The van der Waals surface area contributed by atoms with Crippen LogP contribution in [0.1, 0.15) is 24.2 Å². The molecule has 1 aromatic carbocycles. The fourth-order valence-corrected chi connectivity index (χ4v) is 2.28. The number of rotatable bonds is 3. The van der Waals surface area contributed by atoms with Crippen molar-refractivity contribution in [2.75, 3.05) is 5.32 Å². The molecule has 0 aliphatic heterocycles. The predicted octanol–water partition coefficient (Wildman–Crippen LogP) is 4.98. The lowest BCUT2D eigenvalue weighted by atomic mass is 10.1. The molecule has 2 rings (SSSR count). The number of benzene rings is 1. The van der Waals surface area contributed by atoms with Gasteiger partial charge in [-0.25, -0.2) is 9.97 Å². The molecule has 112 valence electrons. The Balaban J connectivity index is 2.21. The van der Waals surface area contributed by atoms with Crippen LogP contribution >= 0.6 is 23.2 Å². The molecule has 0 radical (unpaired) electrons. The molecule has 2 aromatic rings. The van der Waals surface area contributed by atoms with E-state index in [0.29, 0.717) is 15.6 Å². The highest BCUT2D eigenvalue weighted by Crippen LogP contribution is 2.30. The minimum absolute atomic E-state index is 0.122. The first-order valence-electron chi connectivity index (χ1n) is 5.89. The van der Waals surface area contributed by atoms with E-state index in [1.807, 2.05) is 0 Å². The molecule has 3 nitrogen and oxygen atoms in total. The van der Waals surface area contributed by atoms with Crippen molar-refractivity contribution < 1.29 is 13.2 Å². The van der Waals surface area contributed by atoms with Crippen LogP contribution in [0.15, 0.2) is 30.5 Å². The summed E-state index contributed by atoms with van der Waals surface area (Å²) in [6.07, 6.45) is -3.46. The van der Waals surface area contributed by atoms with Crippen molar-refractivity contribution in [3.8, 4) is 0 Å². The maximum atomic E-state index is 12.6. The number of nitrogens with zero attached hydrogens (tertiary/aromatic N) is 2. The van der Waals surface area contributed by atoms with Gasteiger partial charge in [-0.15, -0.1) is 0 Å². The molecule has 21 heavy (non-hydrogen) atoms. The van der Waals surface area contributed by atoms with E-state index in [0.717, 1.165) is 12.3 Å². The van der Waals surface area contributed by atoms with Gasteiger partial charge < -0.3 is 5.32 Å². The van der Waals surface area contributed by atoms with E-state index in [-0.39, 0.29) is 12.0 Å². The van der Waals surface area contributed by atoms with Crippen molar-refractivity contribution in [2.24, 2.45) is 0 Å². The number of nitrogens with one attached hydrogen (secondary N) is 1. The van der Waals surface area contributed by atoms with Crippen LogP contribution in [0.3, 0.4) is 0 Å². The van der Waals surface area contributed by atoms with Gasteiger partial charge in [-0.05, 0) is 30.7 Å². The third-order valence-corrected chi connectivity index (χ3v) is 3.28. The van der Waals surface area contributed by atoms with Gasteiger partial charge in [0.2, 0.25) is 5.95 Å². The Morgan fingerprint density at radius 3 is 2.52 bits per heavy atom. The van der Waals surface area contributed by atoms with Gasteiger partial charge in [-0.2, -0.15) is 13.2 Å². The van der Waals surface area contributed by atoms with Crippen molar-refractivity contribution in [2.45, 2.75) is 19.1 Å². The Bertz CT molecular complexity index is 647. The fraction of sp³-hybridized carbons (Fsp3) is 0.231. The van der Waals surface area contributed by atoms with Crippen molar-refractivity contribution in [1.29, 1.82) is 0 Å². The first-order chi connectivity index (χ1) is 9.77. The topological polar surface area (TPSA) is 37.8 Å². The Morgan fingerprint density at radius 2 is 1.90 bits per heavy atom. The Morgan fingerprint density at radius 1 is 1.19 bits per heavy atom. The van der Waals surface area contributed by atoms with Gasteiger partial charge in [-0.3, -0.25) is 0 Å². The molecule has 0 saturated heterocycles. The molecular weight excluding hydrogens is 326 g/mol. The predicted molar refractivity (Wildman–Crippen MR) is 75.5 cm³/mol. The standard InChI is InChI=1S/C13H10Cl2F3N3/c1-7(9-3-2-8(14)6-10(9)15)20-12-19-5-4-11(21-12)13(16,17)18/h2-7H,1H3,(H,19,20,21). The van der Waals surface area contributed by atoms with Gasteiger partial charge >= 0.3 is 6.18 Å². The average molecular weight is 336 g/mol. The summed E-state index contributed by atoms with van der Waals surface area (Å²) < 4.78 is 37.7. The molecule has 1 heterocycles. The van der Waals surface area contributed by atoms with Gasteiger partial charge in [0, 0.05) is 16.2 Å². The van der Waals surface area contributed by atoms with Gasteiger partial charge in [0.25, 0.3) is 0 Å². The second kappa shape index (κ2) is 6.07. The minimum atomic E-state index is -4.51. The van der Waals surface area contributed by atoms with Crippen molar-refractivity contribution in [3.05, 3.63) is 51.8 Å². The normalized spacial score (nSPS) is 13.0. The summed E-state index contributed by atoms with van der Waals surface area (Å²) in [4.78, 5) is 7.21. The minimum Gasteiger partial charge on any atom is -0.348 e. The zero-order chi connectivity index (χ0) is 15.6. The van der Waals surface area contributed by atoms with E-state index in [1.54, 1.807) is 25.1 Å². The molecule has 8 heteroatoms. The van der Waals surface area contributed by atoms with E-state index in [2.05, 4.69) is 15.3 Å². The second-order valence-electron chi connectivity index (χ2n) is 4.30. The molecule has 0 spiro atoms. The second-order valence-corrected chi connectivity index (χ2v) is 5.14. The molecule has 1 atom stereocenters. The lowest BCUT2D eigenvalue weighted by Gasteiger charge is -2.16. The van der Waals surface area contributed by atoms with E-state index in [1.165, 1.54) is 0 Å². The zero-order valence-corrected chi connectivity index (χ0v) is 12.3. The maximum absolute atomic E-state index is 12.6. The first kappa shape index (κ1) is 15.9. The molecule has 0 aliphatic carbocycles. The van der Waals surface area contributed by atoms with E-state index >= 15 is 0 Å². The largest absolute Gasteiger partial charge is 0.433 e. The zero-order valence-electron chi connectivity index (χ0n) is 10.7. The SMILES string of the molecule is CC(Nc1nccc(C(F)(F)F)n1)c1ccc(Cl)cc1Cl. The highest BCUT2D eigenvalue weighted by molar-refractivity contribution is 6.35. The van der Waals surface area contributed by atoms with E-state index in [4.69, 9.17) is 23.2 Å². The number of alkyl halides is 3. The number of hydrogen-bond acceptors (Lipinski definition) is 3. The van der Waals surface area contributed by atoms with Gasteiger partial charge in [0.05, 0.1) is 6.04 Å². The summed E-state index contributed by atoms with van der Waals surface area (Å²) in [5, 5.41) is 3.67. The van der Waals surface area contributed by atoms with Crippen LogP contribution in [-0.2, 0) is 6.18 Å². The summed E-state index contributed by atoms with van der Waals surface area (Å²) >= 11 is 11.8. The molecule has 1 aromatic heterocycles.